The highest BCUT2D eigenvalue weighted by Gasteiger charge is 2.24. The van der Waals surface area contributed by atoms with E-state index in [2.05, 4.69) is 25.3 Å². The van der Waals surface area contributed by atoms with E-state index >= 15 is 0 Å². The second-order valence-electron chi connectivity index (χ2n) is 3.51. The quantitative estimate of drug-likeness (QED) is 0.548. The largest absolute Gasteiger partial charge is 0.297 e. The predicted molar refractivity (Wildman–Crippen MR) is 49.6 cm³/mol. The van der Waals surface area contributed by atoms with E-state index in [1.54, 1.807) is 0 Å². The van der Waals surface area contributed by atoms with Gasteiger partial charge in [0.15, 0.2) is 0 Å². The molecule has 1 saturated carbocycles. The first-order valence-electron chi connectivity index (χ1n) is 4.64. The van der Waals surface area contributed by atoms with Gasteiger partial charge in [-0.1, -0.05) is 13.0 Å². The molecule has 1 nitrogen and oxygen atoms in total. The molecule has 1 rings (SSSR count). The van der Waals surface area contributed by atoms with Gasteiger partial charge in [0.25, 0.3) is 0 Å². The Morgan fingerprint density at radius 1 is 1.64 bits per heavy atom. The van der Waals surface area contributed by atoms with E-state index in [1.807, 2.05) is 6.08 Å². The topological polar surface area (TPSA) is 3.24 Å². The molecule has 1 atom stereocenters. The van der Waals surface area contributed by atoms with Crippen LogP contribution in [0.5, 0.6) is 0 Å². The van der Waals surface area contributed by atoms with Crippen LogP contribution in [-0.4, -0.2) is 24.0 Å². The molecule has 0 radical (unpaired) electrons. The second-order valence-corrected chi connectivity index (χ2v) is 3.51. The van der Waals surface area contributed by atoms with Crippen molar-refractivity contribution < 1.29 is 0 Å². The van der Waals surface area contributed by atoms with Gasteiger partial charge in [-0.3, -0.25) is 4.90 Å². The van der Waals surface area contributed by atoms with Crippen molar-refractivity contribution in [1.29, 1.82) is 0 Å². The maximum absolute atomic E-state index is 3.82. The number of rotatable bonds is 5. The van der Waals surface area contributed by atoms with Crippen LogP contribution < -0.4 is 0 Å². The number of nitrogens with zero attached hydrogens (tertiary/aromatic N) is 1. The molecule has 0 N–H and O–H groups in total. The molecule has 0 aromatic heterocycles. The highest BCUT2D eigenvalue weighted by atomic mass is 15.1. The molecule has 0 bridgehead atoms. The summed E-state index contributed by atoms with van der Waals surface area (Å²) in [5, 5.41) is 0. The van der Waals surface area contributed by atoms with Gasteiger partial charge in [-0.2, -0.15) is 0 Å². The van der Waals surface area contributed by atoms with Gasteiger partial charge in [0.2, 0.25) is 0 Å². The van der Waals surface area contributed by atoms with Crippen LogP contribution in [0.25, 0.3) is 0 Å². The maximum atomic E-state index is 3.82. The lowest BCUT2D eigenvalue weighted by Gasteiger charge is -2.24. The molecule has 11 heavy (non-hydrogen) atoms. The van der Waals surface area contributed by atoms with E-state index in [0.717, 1.165) is 12.5 Å². The van der Waals surface area contributed by atoms with E-state index < -0.39 is 0 Å². The average Bonchev–Trinajstić information content (AvgIpc) is 2.82. The Bertz CT molecular complexity index is 127. The molecular weight excluding hydrogens is 134 g/mol. The summed E-state index contributed by atoms with van der Waals surface area (Å²) in [5.74, 6) is 0.998. The fourth-order valence-corrected chi connectivity index (χ4v) is 1.36. The molecule has 0 aromatic rings. The lowest BCUT2D eigenvalue weighted by atomic mass is 10.2. The van der Waals surface area contributed by atoms with E-state index in [4.69, 9.17) is 0 Å². The standard InChI is InChI=1S/C10H19N/c1-4-9(3)11(5-2)8-10-6-7-10/h4,9-10H,1,5-8H2,2-3H3. The fraction of sp³-hybridized carbons (Fsp3) is 0.800. The van der Waals surface area contributed by atoms with Gasteiger partial charge in [0.1, 0.15) is 0 Å². The lowest BCUT2D eigenvalue weighted by molar-refractivity contribution is 0.244. The van der Waals surface area contributed by atoms with Gasteiger partial charge in [-0.15, -0.1) is 6.58 Å². The summed E-state index contributed by atoms with van der Waals surface area (Å²) >= 11 is 0. The van der Waals surface area contributed by atoms with E-state index in [1.165, 1.54) is 19.4 Å². The fourth-order valence-electron chi connectivity index (χ4n) is 1.36. The van der Waals surface area contributed by atoms with Crippen molar-refractivity contribution in [2.75, 3.05) is 13.1 Å². The van der Waals surface area contributed by atoms with Crippen LogP contribution in [0.2, 0.25) is 0 Å². The Hall–Kier alpha value is -0.300. The van der Waals surface area contributed by atoms with Gasteiger partial charge < -0.3 is 0 Å². The Morgan fingerprint density at radius 2 is 2.27 bits per heavy atom. The summed E-state index contributed by atoms with van der Waals surface area (Å²) in [6, 6.07) is 0.556. The monoisotopic (exact) mass is 153 g/mol. The van der Waals surface area contributed by atoms with Crippen LogP contribution in [-0.2, 0) is 0 Å². The molecule has 64 valence electrons. The van der Waals surface area contributed by atoms with E-state index in [0.29, 0.717) is 6.04 Å². The molecule has 1 aliphatic rings. The molecule has 0 aliphatic heterocycles. The molecule has 0 saturated heterocycles. The first-order valence-corrected chi connectivity index (χ1v) is 4.64. The summed E-state index contributed by atoms with van der Waals surface area (Å²) in [4.78, 5) is 2.49. The molecular formula is C10H19N. The van der Waals surface area contributed by atoms with E-state index in [9.17, 15) is 0 Å². The Kier molecular flexibility index (Phi) is 3.13. The lowest BCUT2D eigenvalue weighted by Crippen LogP contribution is -2.33. The molecule has 0 spiro atoms. The molecule has 0 amide bonds. The summed E-state index contributed by atoms with van der Waals surface area (Å²) in [6.07, 6.45) is 4.92. The van der Waals surface area contributed by atoms with Crippen molar-refractivity contribution >= 4 is 0 Å². The minimum Gasteiger partial charge on any atom is -0.297 e. The zero-order valence-corrected chi connectivity index (χ0v) is 7.71. The van der Waals surface area contributed by atoms with Crippen LogP contribution >= 0.6 is 0 Å². The first kappa shape index (κ1) is 8.79. The highest BCUT2D eigenvalue weighted by Crippen LogP contribution is 2.30. The molecule has 0 aromatic carbocycles. The number of hydrogen-bond acceptors (Lipinski definition) is 1. The van der Waals surface area contributed by atoms with Crippen molar-refractivity contribution in [3.63, 3.8) is 0 Å². The van der Waals surface area contributed by atoms with Crippen molar-refractivity contribution in [1.82, 2.24) is 4.90 Å². The average molecular weight is 153 g/mol. The minimum atomic E-state index is 0.556. The zero-order valence-electron chi connectivity index (χ0n) is 7.71. The van der Waals surface area contributed by atoms with Crippen LogP contribution in [0.1, 0.15) is 26.7 Å². The van der Waals surface area contributed by atoms with Crippen molar-refractivity contribution in [2.45, 2.75) is 32.7 Å². The molecule has 1 aliphatic carbocycles. The number of hydrogen-bond donors (Lipinski definition) is 0. The van der Waals surface area contributed by atoms with Gasteiger partial charge >= 0.3 is 0 Å². The maximum Gasteiger partial charge on any atom is 0.0247 e. The van der Waals surface area contributed by atoms with Crippen LogP contribution in [0, 0.1) is 5.92 Å². The molecule has 1 fully saturated rings. The van der Waals surface area contributed by atoms with Crippen LogP contribution in [0.3, 0.4) is 0 Å². The van der Waals surface area contributed by atoms with Gasteiger partial charge in [-0.05, 0) is 32.2 Å². The summed E-state index contributed by atoms with van der Waals surface area (Å²) in [7, 11) is 0. The molecule has 0 heterocycles. The van der Waals surface area contributed by atoms with Crippen molar-refractivity contribution in [2.24, 2.45) is 5.92 Å². The minimum absolute atomic E-state index is 0.556. The highest BCUT2D eigenvalue weighted by molar-refractivity contribution is 4.87. The van der Waals surface area contributed by atoms with Gasteiger partial charge in [-0.25, -0.2) is 0 Å². The zero-order chi connectivity index (χ0) is 8.27. The first-order chi connectivity index (χ1) is 5.27. The summed E-state index contributed by atoms with van der Waals surface area (Å²) in [6.45, 7) is 10.7. The SMILES string of the molecule is C=CC(C)N(CC)CC1CC1. The Morgan fingerprint density at radius 3 is 2.64 bits per heavy atom. The predicted octanol–water partition coefficient (Wildman–Crippen LogP) is 2.29. The van der Waals surface area contributed by atoms with Crippen LogP contribution in [0.15, 0.2) is 12.7 Å². The molecule has 1 heteroatoms. The summed E-state index contributed by atoms with van der Waals surface area (Å²) < 4.78 is 0. The number of likely N-dealkylation sites (N-methyl/N-ethyl adjacent to an activating group) is 1. The van der Waals surface area contributed by atoms with Crippen LogP contribution in [0.4, 0.5) is 0 Å². The van der Waals surface area contributed by atoms with Crippen molar-refractivity contribution in [3.05, 3.63) is 12.7 Å². The Labute approximate surface area is 70.1 Å². The van der Waals surface area contributed by atoms with Crippen molar-refractivity contribution in [3.8, 4) is 0 Å². The van der Waals surface area contributed by atoms with Gasteiger partial charge in [0, 0.05) is 12.6 Å². The third-order valence-corrected chi connectivity index (χ3v) is 2.51. The normalized spacial score (nSPS) is 20.3. The van der Waals surface area contributed by atoms with E-state index in [-0.39, 0.29) is 0 Å². The third-order valence-electron chi connectivity index (χ3n) is 2.51. The smallest absolute Gasteiger partial charge is 0.0247 e. The molecule has 1 unspecified atom stereocenters. The van der Waals surface area contributed by atoms with Gasteiger partial charge in [0.05, 0.1) is 0 Å². The Balaban J connectivity index is 2.27. The summed E-state index contributed by atoms with van der Waals surface area (Å²) in [5.41, 5.74) is 0. The second kappa shape index (κ2) is 3.91. The third kappa shape index (κ3) is 2.66.